The highest BCUT2D eigenvalue weighted by Crippen LogP contribution is 2.43. The van der Waals surface area contributed by atoms with Gasteiger partial charge in [-0.25, -0.2) is 15.0 Å². The van der Waals surface area contributed by atoms with Gasteiger partial charge in [0.15, 0.2) is 17.8 Å². The van der Waals surface area contributed by atoms with Crippen molar-refractivity contribution in [3.8, 4) is 22.5 Å². The molecule has 0 saturated carbocycles. The Balaban J connectivity index is 1.07. The number of hydrogen-bond acceptors (Lipinski definition) is 4. The Kier molecular flexibility index (Phi) is 6.26. The number of benzene rings is 6. The van der Waals surface area contributed by atoms with Gasteiger partial charge < -0.3 is 8.82 Å². The van der Waals surface area contributed by atoms with Gasteiger partial charge >= 0.3 is 0 Å². The highest BCUT2D eigenvalue weighted by Gasteiger charge is 2.22. The number of fused-ring (bicyclic) bond motifs is 9. The molecule has 5 nitrogen and oxygen atoms in total. The van der Waals surface area contributed by atoms with Crippen molar-refractivity contribution in [2.24, 2.45) is 0 Å². The summed E-state index contributed by atoms with van der Waals surface area (Å²) < 4.78 is 8.29. The van der Waals surface area contributed by atoms with Gasteiger partial charge in [0.25, 0.3) is 0 Å². The normalized spacial score (nSPS) is 12.3. The van der Waals surface area contributed by atoms with Crippen LogP contribution in [0.25, 0.3) is 94.3 Å². The molecule has 0 aliphatic heterocycles. The standard InChI is InChI=1S/C45H28N4O/c1-28(12-5-6-15-29-13-3-2-4-14-29)42-33-18-7-9-20-37(33)47-45(48-42)32-17-11-16-30(24-32)31-22-23-40-35(25-31)36-26-38-44(50-27-46-38)41-34-19-8-10-21-39(34)49(40)43(36)41/h2-27H,1H2/b12-5-,15-6+. The van der Waals surface area contributed by atoms with Crippen molar-refractivity contribution in [2.45, 2.75) is 0 Å². The topological polar surface area (TPSA) is 56.2 Å². The van der Waals surface area contributed by atoms with Crippen molar-refractivity contribution < 1.29 is 4.42 Å². The molecule has 5 heteroatoms. The maximum atomic E-state index is 5.93. The van der Waals surface area contributed by atoms with Gasteiger partial charge in [-0.3, -0.25) is 0 Å². The first kappa shape index (κ1) is 28.2. The van der Waals surface area contributed by atoms with Crippen molar-refractivity contribution >= 4 is 71.7 Å². The Hall–Kier alpha value is -6.85. The third-order valence-corrected chi connectivity index (χ3v) is 9.62. The van der Waals surface area contributed by atoms with Crippen LogP contribution in [0.3, 0.4) is 0 Å². The molecule has 50 heavy (non-hydrogen) atoms. The van der Waals surface area contributed by atoms with Crippen LogP contribution < -0.4 is 0 Å². The van der Waals surface area contributed by atoms with Crippen LogP contribution in [-0.4, -0.2) is 19.4 Å². The molecule has 234 valence electrons. The summed E-state index contributed by atoms with van der Waals surface area (Å²) in [7, 11) is 0. The van der Waals surface area contributed by atoms with Crippen LogP contribution in [0.4, 0.5) is 0 Å². The molecule has 0 aliphatic rings. The molecular formula is C45H28N4O. The van der Waals surface area contributed by atoms with E-state index in [4.69, 9.17) is 14.4 Å². The van der Waals surface area contributed by atoms with Gasteiger partial charge in [-0.15, -0.1) is 0 Å². The molecular weight excluding hydrogens is 613 g/mol. The number of rotatable bonds is 6. The predicted octanol–water partition coefficient (Wildman–Crippen LogP) is 11.5. The van der Waals surface area contributed by atoms with Crippen LogP contribution in [0, 0.1) is 0 Å². The number of oxazole rings is 1. The van der Waals surface area contributed by atoms with Crippen LogP contribution in [0.1, 0.15) is 11.3 Å². The van der Waals surface area contributed by atoms with Crippen molar-refractivity contribution in [1.82, 2.24) is 19.4 Å². The lowest BCUT2D eigenvalue weighted by molar-refractivity contribution is 0.605. The average molecular weight is 641 g/mol. The Morgan fingerprint density at radius 3 is 2.32 bits per heavy atom. The molecule has 0 aliphatic carbocycles. The van der Waals surface area contributed by atoms with E-state index >= 15 is 0 Å². The second kappa shape index (κ2) is 11.1. The molecule has 10 aromatic rings. The van der Waals surface area contributed by atoms with E-state index in [1.165, 1.54) is 21.7 Å². The Bertz CT molecular complexity index is 3000. The summed E-state index contributed by atoms with van der Waals surface area (Å²) in [5, 5.41) is 5.60. The largest absolute Gasteiger partial charge is 0.443 e. The Morgan fingerprint density at radius 2 is 1.40 bits per heavy atom. The second-order valence-corrected chi connectivity index (χ2v) is 12.6. The van der Waals surface area contributed by atoms with E-state index in [1.54, 1.807) is 6.39 Å². The first-order valence-corrected chi connectivity index (χ1v) is 16.6. The molecule has 0 fully saturated rings. The minimum absolute atomic E-state index is 0.664. The SMILES string of the molecule is C=C(/C=C\C=C\c1ccccc1)c1nc(-c2cccc(-c3ccc4c(c3)c3cc5ncoc5c5c6ccccc6n4c35)c2)nc2ccccc12. The molecule has 0 radical (unpaired) electrons. The number of allylic oxidation sites excluding steroid dienone is 4. The quantitative estimate of drug-likeness (QED) is 0.170. The van der Waals surface area contributed by atoms with Crippen LogP contribution in [0.2, 0.25) is 0 Å². The molecule has 0 bridgehead atoms. The van der Waals surface area contributed by atoms with Crippen LogP contribution in [0.5, 0.6) is 0 Å². The van der Waals surface area contributed by atoms with E-state index in [1.807, 2.05) is 54.6 Å². The molecule has 6 aromatic carbocycles. The van der Waals surface area contributed by atoms with Gasteiger partial charge in [0.05, 0.1) is 33.1 Å². The zero-order valence-electron chi connectivity index (χ0n) is 26.9. The third kappa shape index (κ3) is 4.37. The maximum Gasteiger partial charge on any atom is 0.182 e. The molecule has 0 amide bonds. The molecule has 4 aromatic heterocycles. The summed E-state index contributed by atoms with van der Waals surface area (Å²) in [6, 6.07) is 44.2. The van der Waals surface area contributed by atoms with Crippen molar-refractivity contribution in [1.29, 1.82) is 0 Å². The van der Waals surface area contributed by atoms with Crippen molar-refractivity contribution in [3.63, 3.8) is 0 Å². The van der Waals surface area contributed by atoms with E-state index in [2.05, 4.69) is 113 Å². The van der Waals surface area contributed by atoms with Crippen molar-refractivity contribution in [2.75, 3.05) is 0 Å². The summed E-state index contributed by atoms with van der Waals surface area (Å²) in [4.78, 5) is 14.7. The highest BCUT2D eigenvalue weighted by atomic mass is 16.3. The van der Waals surface area contributed by atoms with E-state index < -0.39 is 0 Å². The lowest BCUT2D eigenvalue weighted by Crippen LogP contribution is -1.97. The van der Waals surface area contributed by atoms with Crippen LogP contribution >= 0.6 is 0 Å². The lowest BCUT2D eigenvalue weighted by atomic mass is 9.99. The van der Waals surface area contributed by atoms with Gasteiger partial charge in [-0.1, -0.05) is 122 Å². The molecule has 0 N–H and O–H groups in total. The van der Waals surface area contributed by atoms with Gasteiger partial charge in [0.1, 0.15) is 5.52 Å². The first-order valence-electron chi connectivity index (χ1n) is 16.6. The fraction of sp³-hybridized carbons (Fsp3) is 0. The average Bonchev–Trinajstić information content (AvgIpc) is 3.87. The van der Waals surface area contributed by atoms with E-state index in [0.717, 1.165) is 71.9 Å². The molecule has 10 rings (SSSR count). The summed E-state index contributed by atoms with van der Waals surface area (Å²) in [5.74, 6) is 0.664. The zero-order chi connectivity index (χ0) is 33.2. The van der Waals surface area contributed by atoms with Crippen LogP contribution in [0.15, 0.2) is 163 Å². The second-order valence-electron chi connectivity index (χ2n) is 12.6. The highest BCUT2D eigenvalue weighted by molar-refractivity contribution is 6.30. The summed E-state index contributed by atoms with van der Waals surface area (Å²) in [6.07, 6.45) is 9.66. The van der Waals surface area contributed by atoms with Gasteiger partial charge in [-0.2, -0.15) is 0 Å². The summed E-state index contributed by atoms with van der Waals surface area (Å²) in [5.41, 5.74) is 12.0. The maximum absolute atomic E-state index is 5.93. The summed E-state index contributed by atoms with van der Waals surface area (Å²) in [6.45, 7) is 4.39. The van der Waals surface area contributed by atoms with Gasteiger partial charge in [-0.05, 0) is 58.7 Å². The molecule has 0 unspecified atom stereocenters. The fourth-order valence-electron chi connectivity index (χ4n) is 7.33. The number of nitrogens with zero attached hydrogens (tertiary/aromatic N) is 4. The molecule has 0 spiro atoms. The third-order valence-electron chi connectivity index (χ3n) is 9.62. The fourth-order valence-corrected chi connectivity index (χ4v) is 7.33. The van der Waals surface area contributed by atoms with E-state index in [9.17, 15) is 0 Å². The van der Waals surface area contributed by atoms with Crippen molar-refractivity contribution in [3.05, 3.63) is 170 Å². The molecule has 4 heterocycles. The minimum Gasteiger partial charge on any atom is -0.443 e. The first-order chi connectivity index (χ1) is 24.7. The van der Waals surface area contributed by atoms with Gasteiger partial charge in [0.2, 0.25) is 0 Å². The molecule has 0 saturated heterocycles. The van der Waals surface area contributed by atoms with E-state index in [0.29, 0.717) is 5.82 Å². The lowest BCUT2D eigenvalue weighted by Gasteiger charge is -2.10. The Labute approximate surface area is 287 Å². The number of hydrogen-bond donors (Lipinski definition) is 0. The minimum atomic E-state index is 0.664. The predicted molar refractivity (Wildman–Crippen MR) is 206 cm³/mol. The smallest absolute Gasteiger partial charge is 0.182 e. The van der Waals surface area contributed by atoms with Crippen LogP contribution in [-0.2, 0) is 0 Å². The van der Waals surface area contributed by atoms with E-state index in [-0.39, 0.29) is 0 Å². The monoisotopic (exact) mass is 640 g/mol. The number of aromatic nitrogens is 4. The zero-order valence-corrected chi connectivity index (χ0v) is 26.9. The Morgan fingerprint density at radius 1 is 0.620 bits per heavy atom. The number of para-hydroxylation sites is 2. The molecule has 0 atom stereocenters. The summed E-state index contributed by atoms with van der Waals surface area (Å²) >= 11 is 0. The van der Waals surface area contributed by atoms with Gasteiger partial charge in [0, 0.05) is 27.1 Å².